The number of aromatic hydroxyl groups is 2. The van der Waals surface area contributed by atoms with Crippen molar-refractivity contribution in [2.45, 2.75) is 13.8 Å². The van der Waals surface area contributed by atoms with Gasteiger partial charge in [-0.1, -0.05) is 6.07 Å². The van der Waals surface area contributed by atoms with Crippen molar-refractivity contribution in [3.63, 3.8) is 0 Å². The SMILES string of the molecule is CCN(C(=O)c1cc(O)ccc1N)c1cc(O)ccc1C. The van der Waals surface area contributed by atoms with E-state index in [-0.39, 0.29) is 23.0 Å². The van der Waals surface area contributed by atoms with Crippen LogP contribution in [0.2, 0.25) is 0 Å². The third kappa shape index (κ3) is 2.91. The highest BCUT2D eigenvalue weighted by molar-refractivity contribution is 6.09. The van der Waals surface area contributed by atoms with Gasteiger partial charge in [-0.2, -0.15) is 0 Å². The van der Waals surface area contributed by atoms with Crippen LogP contribution < -0.4 is 10.6 Å². The van der Waals surface area contributed by atoms with Gasteiger partial charge in [-0.25, -0.2) is 0 Å². The molecule has 0 aromatic heterocycles. The maximum atomic E-state index is 12.7. The van der Waals surface area contributed by atoms with Crippen molar-refractivity contribution in [3.8, 4) is 11.5 Å². The van der Waals surface area contributed by atoms with Gasteiger partial charge in [0, 0.05) is 18.3 Å². The van der Waals surface area contributed by atoms with Crippen LogP contribution in [0.3, 0.4) is 0 Å². The average Bonchev–Trinajstić information content (AvgIpc) is 2.46. The third-order valence-corrected chi connectivity index (χ3v) is 3.31. The molecule has 0 unspecified atom stereocenters. The highest BCUT2D eigenvalue weighted by Gasteiger charge is 2.20. The van der Waals surface area contributed by atoms with Gasteiger partial charge in [0.2, 0.25) is 0 Å². The summed E-state index contributed by atoms with van der Waals surface area (Å²) in [5.74, 6) is -0.249. The monoisotopic (exact) mass is 286 g/mol. The van der Waals surface area contributed by atoms with Crippen molar-refractivity contribution in [1.29, 1.82) is 0 Å². The van der Waals surface area contributed by atoms with Gasteiger partial charge in [0.15, 0.2) is 0 Å². The Morgan fingerprint density at radius 3 is 2.43 bits per heavy atom. The number of nitrogens with two attached hydrogens (primary N) is 1. The van der Waals surface area contributed by atoms with Crippen molar-refractivity contribution in [1.82, 2.24) is 0 Å². The largest absolute Gasteiger partial charge is 0.508 e. The molecular weight excluding hydrogens is 268 g/mol. The Bertz CT molecular complexity index is 683. The molecule has 0 atom stereocenters. The first-order valence-corrected chi connectivity index (χ1v) is 6.64. The highest BCUT2D eigenvalue weighted by atomic mass is 16.3. The van der Waals surface area contributed by atoms with Crippen molar-refractivity contribution in [2.24, 2.45) is 0 Å². The molecule has 110 valence electrons. The lowest BCUT2D eigenvalue weighted by atomic mass is 10.1. The number of phenols is 2. The standard InChI is InChI=1S/C16H18N2O3/c1-3-18(15-9-12(20)5-4-10(15)2)16(21)13-8-11(19)6-7-14(13)17/h4-9,19-20H,3,17H2,1-2H3. The number of rotatable bonds is 3. The number of aryl methyl sites for hydroxylation is 1. The molecule has 2 aromatic carbocycles. The number of amides is 1. The highest BCUT2D eigenvalue weighted by Crippen LogP contribution is 2.28. The van der Waals surface area contributed by atoms with E-state index in [2.05, 4.69) is 0 Å². The average molecular weight is 286 g/mol. The number of benzene rings is 2. The third-order valence-electron chi connectivity index (χ3n) is 3.31. The van der Waals surface area contributed by atoms with Gasteiger partial charge >= 0.3 is 0 Å². The number of nitrogen functional groups attached to an aromatic ring is 1. The number of hydrogen-bond acceptors (Lipinski definition) is 4. The lowest BCUT2D eigenvalue weighted by Crippen LogP contribution is -2.31. The Kier molecular flexibility index (Phi) is 4.03. The Balaban J connectivity index is 2.48. The van der Waals surface area contributed by atoms with E-state index in [0.29, 0.717) is 17.9 Å². The minimum Gasteiger partial charge on any atom is -0.508 e. The topological polar surface area (TPSA) is 86.8 Å². The fraction of sp³-hybridized carbons (Fsp3) is 0.188. The van der Waals surface area contributed by atoms with E-state index in [1.165, 1.54) is 29.2 Å². The second kappa shape index (κ2) is 5.75. The maximum Gasteiger partial charge on any atom is 0.260 e. The molecule has 4 N–H and O–H groups in total. The fourth-order valence-corrected chi connectivity index (χ4v) is 2.19. The molecule has 2 rings (SSSR count). The summed E-state index contributed by atoms with van der Waals surface area (Å²) in [6.45, 7) is 4.11. The smallest absolute Gasteiger partial charge is 0.260 e. The molecule has 0 saturated heterocycles. The van der Waals surface area contributed by atoms with Gasteiger partial charge in [0.25, 0.3) is 5.91 Å². The van der Waals surface area contributed by atoms with E-state index in [1.807, 2.05) is 13.8 Å². The summed E-state index contributed by atoms with van der Waals surface area (Å²) in [6, 6.07) is 9.12. The zero-order valence-corrected chi connectivity index (χ0v) is 12.0. The van der Waals surface area contributed by atoms with Crippen molar-refractivity contribution in [2.75, 3.05) is 17.2 Å². The van der Waals surface area contributed by atoms with Gasteiger partial charge in [-0.15, -0.1) is 0 Å². The van der Waals surface area contributed by atoms with Crippen molar-refractivity contribution < 1.29 is 15.0 Å². The number of anilines is 2. The zero-order valence-electron chi connectivity index (χ0n) is 12.0. The summed E-state index contributed by atoms with van der Waals surface area (Å²) in [6.07, 6.45) is 0. The molecule has 0 aliphatic heterocycles. The number of carbonyl (C=O) groups is 1. The van der Waals surface area contributed by atoms with Crippen LogP contribution in [-0.4, -0.2) is 22.7 Å². The Hall–Kier alpha value is -2.69. The van der Waals surface area contributed by atoms with Gasteiger partial charge < -0.3 is 20.8 Å². The van der Waals surface area contributed by atoms with Gasteiger partial charge in [-0.3, -0.25) is 4.79 Å². The molecule has 0 bridgehead atoms. The number of nitrogens with zero attached hydrogens (tertiary/aromatic N) is 1. The predicted octanol–water partition coefficient (Wildman–Crippen LogP) is 2.66. The van der Waals surface area contributed by atoms with Crippen LogP contribution >= 0.6 is 0 Å². The van der Waals surface area contributed by atoms with E-state index in [4.69, 9.17) is 5.73 Å². The van der Waals surface area contributed by atoms with Crippen LogP contribution in [0.5, 0.6) is 11.5 Å². The molecular formula is C16H18N2O3. The number of carbonyl (C=O) groups excluding carboxylic acids is 1. The van der Waals surface area contributed by atoms with E-state index >= 15 is 0 Å². The molecule has 0 saturated carbocycles. The van der Waals surface area contributed by atoms with Crippen molar-refractivity contribution in [3.05, 3.63) is 47.5 Å². The van der Waals surface area contributed by atoms with Crippen LogP contribution in [-0.2, 0) is 0 Å². The molecule has 0 aliphatic carbocycles. The summed E-state index contributed by atoms with van der Waals surface area (Å²) in [5, 5.41) is 19.2. The lowest BCUT2D eigenvalue weighted by Gasteiger charge is -2.24. The summed E-state index contributed by atoms with van der Waals surface area (Å²) < 4.78 is 0. The Morgan fingerprint density at radius 1 is 1.14 bits per heavy atom. The van der Waals surface area contributed by atoms with Crippen LogP contribution in [0.1, 0.15) is 22.8 Å². The van der Waals surface area contributed by atoms with E-state index in [9.17, 15) is 15.0 Å². The number of phenolic OH excluding ortho intramolecular Hbond substituents is 2. The molecule has 0 aliphatic rings. The van der Waals surface area contributed by atoms with E-state index in [1.54, 1.807) is 12.1 Å². The van der Waals surface area contributed by atoms with Crippen LogP contribution in [0.25, 0.3) is 0 Å². The summed E-state index contributed by atoms with van der Waals surface area (Å²) >= 11 is 0. The minimum absolute atomic E-state index is 0.0174. The zero-order chi connectivity index (χ0) is 15.6. The molecule has 5 nitrogen and oxygen atoms in total. The van der Waals surface area contributed by atoms with Crippen LogP contribution in [0.15, 0.2) is 36.4 Å². The summed E-state index contributed by atoms with van der Waals surface area (Å²) in [4.78, 5) is 14.2. The molecule has 0 radical (unpaired) electrons. The Morgan fingerprint density at radius 2 is 1.76 bits per heavy atom. The van der Waals surface area contributed by atoms with Crippen LogP contribution in [0.4, 0.5) is 11.4 Å². The molecule has 21 heavy (non-hydrogen) atoms. The first-order chi connectivity index (χ1) is 9.93. The molecule has 5 heteroatoms. The summed E-state index contributed by atoms with van der Waals surface area (Å²) in [7, 11) is 0. The molecule has 2 aromatic rings. The van der Waals surface area contributed by atoms with Gasteiger partial charge in [-0.05, 0) is 43.7 Å². The minimum atomic E-state index is -0.320. The lowest BCUT2D eigenvalue weighted by molar-refractivity contribution is 0.0988. The molecule has 0 heterocycles. The van der Waals surface area contributed by atoms with Crippen LogP contribution in [0, 0.1) is 6.92 Å². The predicted molar refractivity (Wildman–Crippen MR) is 82.7 cm³/mol. The molecule has 1 amide bonds. The second-order valence-electron chi connectivity index (χ2n) is 4.79. The molecule has 0 spiro atoms. The first-order valence-electron chi connectivity index (χ1n) is 6.64. The first kappa shape index (κ1) is 14.7. The summed E-state index contributed by atoms with van der Waals surface area (Å²) in [5.41, 5.74) is 7.84. The maximum absolute atomic E-state index is 12.7. The normalized spacial score (nSPS) is 10.4. The number of hydrogen-bond donors (Lipinski definition) is 3. The van der Waals surface area contributed by atoms with Crippen molar-refractivity contribution >= 4 is 17.3 Å². The quantitative estimate of drug-likeness (QED) is 0.598. The van der Waals surface area contributed by atoms with E-state index < -0.39 is 0 Å². The molecule has 0 fully saturated rings. The van der Waals surface area contributed by atoms with Gasteiger partial charge in [0.05, 0.1) is 11.3 Å². The van der Waals surface area contributed by atoms with E-state index in [0.717, 1.165) is 5.56 Å². The Labute approximate surface area is 123 Å². The fourth-order valence-electron chi connectivity index (χ4n) is 2.19. The second-order valence-corrected chi connectivity index (χ2v) is 4.79. The van der Waals surface area contributed by atoms with Gasteiger partial charge in [0.1, 0.15) is 11.5 Å².